The van der Waals surface area contributed by atoms with Crippen LogP contribution in [-0.2, 0) is 16.0 Å². The number of ether oxygens (including phenoxy) is 1. The van der Waals surface area contributed by atoms with E-state index in [0.29, 0.717) is 13.2 Å². The number of carbonyl (C=O) groups excluding carboxylic acids is 1. The molecular formula is C20H24N2O2. The third-order valence-electron chi connectivity index (χ3n) is 4.50. The molecule has 0 radical (unpaired) electrons. The maximum Gasteiger partial charge on any atom is 0.249 e. The summed E-state index contributed by atoms with van der Waals surface area (Å²) in [7, 11) is 0. The van der Waals surface area contributed by atoms with E-state index in [1.165, 1.54) is 16.7 Å². The topological polar surface area (TPSA) is 51.2 Å². The van der Waals surface area contributed by atoms with E-state index in [-0.39, 0.29) is 17.9 Å². The lowest BCUT2D eigenvalue weighted by atomic mass is 9.92. The Hall–Kier alpha value is -2.20. The summed E-state index contributed by atoms with van der Waals surface area (Å²) in [5, 5.41) is 3.07. The number of aryl methyl sites for hydroxylation is 1. The maximum absolute atomic E-state index is 12.2. The van der Waals surface area contributed by atoms with Gasteiger partial charge in [-0.15, -0.1) is 0 Å². The molecule has 1 aliphatic heterocycles. The SMILES string of the molecule is Cc1ccc(C(CNC(=O)C2CCCO2)Cc2cccnc2)cc1. The van der Waals surface area contributed by atoms with E-state index in [9.17, 15) is 4.79 Å². The van der Waals surface area contributed by atoms with Crippen LogP contribution in [0.2, 0.25) is 0 Å². The molecule has 1 saturated heterocycles. The van der Waals surface area contributed by atoms with Crippen molar-refractivity contribution in [1.82, 2.24) is 10.3 Å². The number of nitrogens with zero attached hydrogens (tertiary/aromatic N) is 1. The molecule has 24 heavy (non-hydrogen) atoms. The summed E-state index contributed by atoms with van der Waals surface area (Å²) < 4.78 is 5.46. The van der Waals surface area contributed by atoms with Crippen molar-refractivity contribution in [3.8, 4) is 0 Å². The summed E-state index contributed by atoms with van der Waals surface area (Å²) >= 11 is 0. The summed E-state index contributed by atoms with van der Waals surface area (Å²) in [6.07, 6.45) is 6.04. The van der Waals surface area contributed by atoms with Crippen molar-refractivity contribution in [3.05, 3.63) is 65.5 Å². The van der Waals surface area contributed by atoms with Gasteiger partial charge in [-0.1, -0.05) is 35.9 Å². The van der Waals surface area contributed by atoms with Crippen LogP contribution in [0.15, 0.2) is 48.8 Å². The molecule has 0 aliphatic carbocycles. The van der Waals surface area contributed by atoms with Crippen LogP contribution in [0.1, 0.15) is 35.4 Å². The largest absolute Gasteiger partial charge is 0.368 e. The lowest BCUT2D eigenvalue weighted by molar-refractivity contribution is -0.130. The zero-order valence-electron chi connectivity index (χ0n) is 14.1. The molecule has 1 N–H and O–H groups in total. The minimum Gasteiger partial charge on any atom is -0.368 e. The van der Waals surface area contributed by atoms with Crippen molar-refractivity contribution in [2.45, 2.75) is 38.2 Å². The number of pyridine rings is 1. The van der Waals surface area contributed by atoms with Gasteiger partial charge in [0, 0.05) is 31.5 Å². The predicted molar refractivity (Wildman–Crippen MR) is 93.8 cm³/mol. The third kappa shape index (κ3) is 4.42. The fraction of sp³-hybridized carbons (Fsp3) is 0.400. The Bertz CT molecular complexity index is 649. The Morgan fingerprint density at radius 3 is 2.83 bits per heavy atom. The average Bonchev–Trinajstić information content (AvgIpc) is 3.15. The molecule has 4 nitrogen and oxygen atoms in total. The summed E-state index contributed by atoms with van der Waals surface area (Å²) in [5.41, 5.74) is 3.65. The van der Waals surface area contributed by atoms with Crippen molar-refractivity contribution >= 4 is 5.91 Å². The highest BCUT2D eigenvalue weighted by atomic mass is 16.5. The van der Waals surface area contributed by atoms with Crippen molar-refractivity contribution < 1.29 is 9.53 Å². The smallest absolute Gasteiger partial charge is 0.249 e. The van der Waals surface area contributed by atoms with Crippen LogP contribution in [0.5, 0.6) is 0 Å². The molecule has 126 valence electrons. The van der Waals surface area contributed by atoms with E-state index in [2.05, 4.69) is 47.6 Å². The van der Waals surface area contributed by atoms with Gasteiger partial charge in [0.1, 0.15) is 6.10 Å². The highest BCUT2D eigenvalue weighted by Crippen LogP contribution is 2.21. The van der Waals surface area contributed by atoms with E-state index in [1.807, 2.05) is 12.3 Å². The van der Waals surface area contributed by atoms with Crippen molar-refractivity contribution in [3.63, 3.8) is 0 Å². The first-order valence-electron chi connectivity index (χ1n) is 8.57. The molecule has 1 aliphatic rings. The van der Waals surface area contributed by atoms with Gasteiger partial charge in [-0.3, -0.25) is 9.78 Å². The number of hydrogen-bond acceptors (Lipinski definition) is 3. The Kier molecular flexibility index (Phi) is 5.59. The maximum atomic E-state index is 12.2. The normalized spacial score (nSPS) is 18.3. The summed E-state index contributed by atoms with van der Waals surface area (Å²) in [6, 6.07) is 12.6. The van der Waals surface area contributed by atoms with Crippen molar-refractivity contribution in [2.24, 2.45) is 0 Å². The highest BCUT2D eigenvalue weighted by molar-refractivity contribution is 5.81. The lowest BCUT2D eigenvalue weighted by Crippen LogP contribution is -2.37. The molecule has 1 fully saturated rings. The van der Waals surface area contributed by atoms with Crippen molar-refractivity contribution in [1.29, 1.82) is 0 Å². The van der Waals surface area contributed by atoms with Gasteiger partial charge in [0.15, 0.2) is 0 Å². The van der Waals surface area contributed by atoms with Gasteiger partial charge >= 0.3 is 0 Å². The van der Waals surface area contributed by atoms with Crippen LogP contribution in [0.3, 0.4) is 0 Å². The molecule has 1 aromatic heterocycles. The van der Waals surface area contributed by atoms with E-state index in [0.717, 1.165) is 19.3 Å². The number of nitrogens with one attached hydrogen (secondary N) is 1. The number of hydrogen-bond donors (Lipinski definition) is 1. The molecule has 2 heterocycles. The Labute approximate surface area is 143 Å². The van der Waals surface area contributed by atoms with Crippen LogP contribution in [0.4, 0.5) is 0 Å². The first kappa shape index (κ1) is 16.7. The molecular weight excluding hydrogens is 300 g/mol. The zero-order chi connectivity index (χ0) is 16.8. The van der Waals surface area contributed by atoms with E-state index in [1.54, 1.807) is 6.20 Å². The van der Waals surface area contributed by atoms with Crippen LogP contribution in [-0.4, -0.2) is 30.1 Å². The molecule has 1 aromatic carbocycles. The second-order valence-electron chi connectivity index (χ2n) is 6.42. The third-order valence-corrected chi connectivity index (χ3v) is 4.50. The van der Waals surface area contributed by atoms with Crippen molar-refractivity contribution in [2.75, 3.05) is 13.2 Å². The summed E-state index contributed by atoms with van der Waals surface area (Å²) in [5.74, 6) is 0.232. The molecule has 2 aromatic rings. The summed E-state index contributed by atoms with van der Waals surface area (Å²) in [6.45, 7) is 3.38. The fourth-order valence-corrected chi connectivity index (χ4v) is 3.07. The number of aromatic nitrogens is 1. The molecule has 0 spiro atoms. The second kappa shape index (κ2) is 8.06. The Balaban J connectivity index is 1.69. The van der Waals surface area contributed by atoms with Gasteiger partial charge < -0.3 is 10.1 Å². The number of benzene rings is 1. The molecule has 4 heteroatoms. The van der Waals surface area contributed by atoms with Gasteiger partial charge in [-0.2, -0.15) is 0 Å². The number of rotatable bonds is 6. The van der Waals surface area contributed by atoms with Gasteiger partial charge in [0.05, 0.1) is 0 Å². The highest BCUT2D eigenvalue weighted by Gasteiger charge is 2.24. The molecule has 2 unspecified atom stereocenters. The van der Waals surface area contributed by atoms with Gasteiger partial charge in [-0.25, -0.2) is 0 Å². The zero-order valence-corrected chi connectivity index (χ0v) is 14.1. The summed E-state index contributed by atoms with van der Waals surface area (Å²) in [4.78, 5) is 16.4. The lowest BCUT2D eigenvalue weighted by Gasteiger charge is -2.20. The quantitative estimate of drug-likeness (QED) is 0.888. The number of amides is 1. The van der Waals surface area contributed by atoms with Crippen LogP contribution < -0.4 is 5.32 Å². The van der Waals surface area contributed by atoms with Crippen LogP contribution in [0, 0.1) is 6.92 Å². The predicted octanol–water partition coefficient (Wildman–Crippen LogP) is 3.01. The first-order valence-corrected chi connectivity index (χ1v) is 8.57. The molecule has 1 amide bonds. The minimum absolute atomic E-state index is 0.01000. The first-order chi connectivity index (χ1) is 11.7. The Morgan fingerprint density at radius 1 is 1.33 bits per heavy atom. The van der Waals surface area contributed by atoms with Gasteiger partial charge in [0.2, 0.25) is 5.91 Å². The molecule has 0 saturated carbocycles. The fourth-order valence-electron chi connectivity index (χ4n) is 3.07. The molecule has 0 bridgehead atoms. The van der Waals surface area contributed by atoms with Gasteiger partial charge in [-0.05, 0) is 43.4 Å². The Morgan fingerprint density at radius 2 is 2.17 bits per heavy atom. The molecule has 3 rings (SSSR count). The van der Waals surface area contributed by atoms with Gasteiger partial charge in [0.25, 0.3) is 0 Å². The standard InChI is InChI=1S/C20H24N2O2/c1-15-6-8-17(9-7-15)18(12-16-4-2-10-21-13-16)14-22-20(23)19-5-3-11-24-19/h2,4,6-10,13,18-19H,3,5,11-12,14H2,1H3,(H,22,23). The number of carbonyl (C=O) groups is 1. The second-order valence-corrected chi connectivity index (χ2v) is 6.42. The monoisotopic (exact) mass is 324 g/mol. The van der Waals surface area contributed by atoms with E-state index >= 15 is 0 Å². The average molecular weight is 324 g/mol. The van der Waals surface area contributed by atoms with E-state index < -0.39 is 0 Å². The van der Waals surface area contributed by atoms with Crippen LogP contribution >= 0.6 is 0 Å². The van der Waals surface area contributed by atoms with E-state index in [4.69, 9.17) is 4.74 Å². The molecule has 2 atom stereocenters. The minimum atomic E-state index is -0.276. The van der Waals surface area contributed by atoms with Crippen LogP contribution in [0.25, 0.3) is 0 Å².